The summed E-state index contributed by atoms with van der Waals surface area (Å²) < 4.78 is 26.6. The lowest BCUT2D eigenvalue weighted by atomic mass is 9.80. The van der Waals surface area contributed by atoms with Gasteiger partial charge in [0.2, 0.25) is 10.0 Å². The normalized spacial score (nSPS) is 24.1. The summed E-state index contributed by atoms with van der Waals surface area (Å²) in [6.45, 7) is 8.42. The van der Waals surface area contributed by atoms with Crippen molar-refractivity contribution in [2.24, 2.45) is 0 Å². The third kappa shape index (κ3) is 5.43. The number of piperidine rings is 1. The highest BCUT2D eigenvalue weighted by Crippen LogP contribution is 2.28. The van der Waals surface area contributed by atoms with E-state index in [2.05, 4.69) is 37.7 Å². The van der Waals surface area contributed by atoms with E-state index in [4.69, 9.17) is 11.6 Å². The molecule has 0 radical (unpaired) electrons. The quantitative estimate of drug-likeness (QED) is 0.761. The van der Waals surface area contributed by atoms with Gasteiger partial charge in [0.1, 0.15) is 0 Å². The minimum Gasteiger partial charge on any atom is -0.307 e. The molecule has 1 rings (SSSR count). The number of rotatable bonds is 5. The predicted molar refractivity (Wildman–Crippen MR) is 76.6 cm³/mol. The highest BCUT2D eigenvalue weighted by atomic mass is 35.5. The van der Waals surface area contributed by atoms with Crippen LogP contribution in [0.1, 0.15) is 47.0 Å². The Morgan fingerprint density at radius 3 is 2.17 bits per heavy atom. The van der Waals surface area contributed by atoms with Gasteiger partial charge in [-0.1, -0.05) is 0 Å². The predicted octanol–water partition coefficient (Wildman–Crippen LogP) is 1.84. The van der Waals surface area contributed by atoms with E-state index in [-0.39, 0.29) is 22.9 Å². The fraction of sp³-hybridized carbons (Fsp3) is 1.00. The lowest BCUT2D eigenvalue weighted by molar-refractivity contribution is 0.157. The van der Waals surface area contributed by atoms with Crippen LogP contribution in [0.4, 0.5) is 0 Å². The summed E-state index contributed by atoms with van der Waals surface area (Å²) in [5, 5.41) is 3.53. The maximum Gasteiger partial charge on any atom is 0.211 e. The van der Waals surface area contributed by atoms with Crippen LogP contribution in [0.3, 0.4) is 0 Å². The standard InChI is InChI=1S/C12H25ClN2O2S/c1-11(2)8-10(9-12(3,4)15-11)14-18(16,17)7-5-6-13/h10,14-15H,5-9H2,1-4H3. The summed E-state index contributed by atoms with van der Waals surface area (Å²) in [6, 6.07) is -0.00317. The van der Waals surface area contributed by atoms with E-state index >= 15 is 0 Å². The lowest BCUT2D eigenvalue weighted by Crippen LogP contribution is -2.62. The number of halogens is 1. The third-order valence-electron chi connectivity index (χ3n) is 3.08. The van der Waals surface area contributed by atoms with Gasteiger partial charge in [0.05, 0.1) is 5.75 Å². The lowest BCUT2D eigenvalue weighted by Gasteiger charge is -2.46. The Hall–Kier alpha value is 0.160. The zero-order chi connectivity index (χ0) is 14.0. The molecule has 0 aliphatic carbocycles. The van der Waals surface area contributed by atoms with Gasteiger partial charge in [-0.05, 0) is 47.0 Å². The fourth-order valence-corrected chi connectivity index (χ4v) is 4.57. The molecule has 4 nitrogen and oxygen atoms in total. The second-order valence-electron chi connectivity index (χ2n) is 6.48. The molecular weight excluding hydrogens is 272 g/mol. The number of alkyl halides is 1. The van der Waals surface area contributed by atoms with E-state index in [9.17, 15) is 8.42 Å². The monoisotopic (exact) mass is 296 g/mol. The van der Waals surface area contributed by atoms with Crippen molar-refractivity contribution in [1.82, 2.24) is 10.0 Å². The van der Waals surface area contributed by atoms with Crippen LogP contribution >= 0.6 is 11.6 Å². The summed E-state index contributed by atoms with van der Waals surface area (Å²) in [4.78, 5) is 0. The van der Waals surface area contributed by atoms with Crippen molar-refractivity contribution >= 4 is 21.6 Å². The van der Waals surface area contributed by atoms with E-state index in [0.29, 0.717) is 12.3 Å². The molecule has 18 heavy (non-hydrogen) atoms. The maximum absolute atomic E-state index is 11.9. The SMILES string of the molecule is CC1(C)CC(NS(=O)(=O)CCCCl)CC(C)(C)N1. The number of sulfonamides is 1. The van der Waals surface area contributed by atoms with Crippen LogP contribution in [-0.4, -0.2) is 37.2 Å². The minimum absolute atomic E-state index is 0.00317. The van der Waals surface area contributed by atoms with Crippen molar-refractivity contribution in [3.63, 3.8) is 0 Å². The molecule has 6 heteroatoms. The van der Waals surface area contributed by atoms with Crippen LogP contribution in [0.5, 0.6) is 0 Å². The molecule has 2 N–H and O–H groups in total. The molecule has 0 aromatic heterocycles. The number of hydrogen-bond donors (Lipinski definition) is 2. The molecule has 0 unspecified atom stereocenters. The Morgan fingerprint density at radius 2 is 1.72 bits per heavy atom. The third-order valence-corrected chi connectivity index (χ3v) is 4.87. The van der Waals surface area contributed by atoms with Crippen LogP contribution in [0.25, 0.3) is 0 Å². The minimum atomic E-state index is -3.21. The molecular formula is C12H25ClN2O2S. The first-order valence-corrected chi connectivity index (χ1v) is 8.59. The zero-order valence-corrected chi connectivity index (χ0v) is 13.3. The highest BCUT2D eigenvalue weighted by molar-refractivity contribution is 7.89. The van der Waals surface area contributed by atoms with Crippen molar-refractivity contribution in [3.05, 3.63) is 0 Å². The van der Waals surface area contributed by atoms with Crippen LogP contribution in [0, 0.1) is 0 Å². The average Bonchev–Trinajstić information content (AvgIpc) is 2.08. The maximum atomic E-state index is 11.9. The van der Waals surface area contributed by atoms with E-state index < -0.39 is 10.0 Å². The van der Waals surface area contributed by atoms with Crippen LogP contribution < -0.4 is 10.0 Å². The Morgan fingerprint density at radius 1 is 1.22 bits per heavy atom. The van der Waals surface area contributed by atoms with Gasteiger partial charge in [-0.2, -0.15) is 0 Å². The Labute approximate surface area is 116 Å². The van der Waals surface area contributed by atoms with Gasteiger partial charge in [0, 0.05) is 23.0 Å². The summed E-state index contributed by atoms with van der Waals surface area (Å²) in [5.74, 6) is 0.491. The fourth-order valence-electron chi connectivity index (χ4n) is 2.96. The molecule has 0 aromatic carbocycles. The highest BCUT2D eigenvalue weighted by Gasteiger charge is 2.38. The average molecular weight is 297 g/mol. The largest absolute Gasteiger partial charge is 0.307 e. The van der Waals surface area contributed by atoms with Gasteiger partial charge in [-0.15, -0.1) is 11.6 Å². The summed E-state index contributed by atoms with van der Waals surface area (Å²) >= 11 is 5.54. The first-order chi connectivity index (χ1) is 8.05. The molecule has 1 aliphatic rings. The molecule has 0 aromatic rings. The van der Waals surface area contributed by atoms with E-state index in [0.717, 1.165) is 12.8 Å². The van der Waals surface area contributed by atoms with Gasteiger partial charge in [0.15, 0.2) is 0 Å². The van der Waals surface area contributed by atoms with Gasteiger partial charge < -0.3 is 5.32 Å². The topological polar surface area (TPSA) is 58.2 Å². The van der Waals surface area contributed by atoms with Crippen LogP contribution in [0.15, 0.2) is 0 Å². The number of hydrogen-bond acceptors (Lipinski definition) is 3. The molecule has 0 atom stereocenters. The van der Waals surface area contributed by atoms with Crippen molar-refractivity contribution in [1.29, 1.82) is 0 Å². The molecule has 108 valence electrons. The molecule has 1 fully saturated rings. The Kier molecular flexibility index (Phi) is 5.09. The number of nitrogens with one attached hydrogen (secondary N) is 2. The summed E-state index contributed by atoms with van der Waals surface area (Å²) in [6.07, 6.45) is 2.10. The summed E-state index contributed by atoms with van der Waals surface area (Å²) in [7, 11) is -3.21. The van der Waals surface area contributed by atoms with Crippen LogP contribution in [0.2, 0.25) is 0 Å². The molecule has 1 aliphatic heterocycles. The smallest absolute Gasteiger partial charge is 0.211 e. The van der Waals surface area contributed by atoms with Crippen molar-refractivity contribution in [3.8, 4) is 0 Å². The Bertz CT molecular complexity index is 364. The first-order valence-electron chi connectivity index (χ1n) is 6.41. The molecule has 0 bridgehead atoms. The van der Waals surface area contributed by atoms with Gasteiger partial charge in [-0.3, -0.25) is 0 Å². The van der Waals surface area contributed by atoms with E-state index in [1.807, 2.05) is 0 Å². The molecule has 0 saturated carbocycles. The second kappa shape index (κ2) is 5.65. The second-order valence-corrected chi connectivity index (χ2v) is 8.73. The first kappa shape index (κ1) is 16.2. The van der Waals surface area contributed by atoms with Crippen LogP contribution in [-0.2, 0) is 10.0 Å². The molecule has 1 saturated heterocycles. The van der Waals surface area contributed by atoms with Crippen molar-refractivity contribution in [2.75, 3.05) is 11.6 Å². The molecule has 1 heterocycles. The van der Waals surface area contributed by atoms with Gasteiger partial charge >= 0.3 is 0 Å². The molecule has 0 amide bonds. The van der Waals surface area contributed by atoms with Gasteiger partial charge in [0.25, 0.3) is 0 Å². The summed E-state index contributed by atoms with van der Waals surface area (Å²) in [5.41, 5.74) is -0.108. The zero-order valence-electron chi connectivity index (χ0n) is 11.7. The van der Waals surface area contributed by atoms with E-state index in [1.165, 1.54) is 0 Å². The van der Waals surface area contributed by atoms with Gasteiger partial charge in [-0.25, -0.2) is 13.1 Å². The van der Waals surface area contributed by atoms with Crippen molar-refractivity contribution < 1.29 is 8.42 Å². The molecule has 0 spiro atoms. The van der Waals surface area contributed by atoms with E-state index in [1.54, 1.807) is 0 Å². The Balaban J connectivity index is 2.67. The van der Waals surface area contributed by atoms with Crippen molar-refractivity contribution in [2.45, 2.75) is 64.1 Å².